The third-order valence-electron chi connectivity index (χ3n) is 3.32. The van der Waals surface area contributed by atoms with Gasteiger partial charge in [-0.3, -0.25) is 0 Å². The maximum Gasteiger partial charge on any atom is 0.335 e. The van der Waals surface area contributed by atoms with Gasteiger partial charge in [-0.1, -0.05) is 30.3 Å². The van der Waals surface area contributed by atoms with Crippen LogP contribution >= 0.6 is 0 Å². The number of benzene rings is 1. The first-order valence-corrected chi connectivity index (χ1v) is 6.06. The molecular formula is C13H16O7. The summed E-state index contributed by atoms with van der Waals surface area (Å²) in [7, 11) is 0. The van der Waals surface area contributed by atoms with Gasteiger partial charge in [0.1, 0.15) is 18.3 Å². The molecule has 1 saturated heterocycles. The second-order valence-electron chi connectivity index (χ2n) is 4.81. The van der Waals surface area contributed by atoms with Crippen molar-refractivity contribution in [3.63, 3.8) is 0 Å². The first-order chi connectivity index (χ1) is 9.35. The van der Waals surface area contributed by atoms with E-state index in [1.54, 1.807) is 30.3 Å². The lowest BCUT2D eigenvalue weighted by molar-refractivity contribution is -0.340. The molecule has 0 aliphatic carbocycles. The third-order valence-corrected chi connectivity index (χ3v) is 3.32. The smallest absolute Gasteiger partial charge is 0.335 e. The maximum atomic E-state index is 11.0. The molecule has 0 aromatic heterocycles. The van der Waals surface area contributed by atoms with Gasteiger partial charge in [0.15, 0.2) is 11.9 Å². The zero-order valence-electron chi connectivity index (χ0n) is 10.5. The quantitative estimate of drug-likeness (QED) is 0.456. The summed E-state index contributed by atoms with van der Waals surface area (Å²) in [6.45, 7) is 0. The molecule has 0 unspecified atom stereocenters. The van der Waals surface area contributed by atoms with Gasteiger partial charge < -0.3 is 30.3 Å². The number of carbonyl (C=O) groups is 1. The monoisotopic (exact) mass is 284 g/mol. The van der Waals surface area contributed by atoms with Crippen LogP contribution in [0.25, 0.3) is 0 Å². The largest absolute Gasteiger partial charge is 0.479 e. The Morgan fingerprint density at radius 2 is 1.75 bits per heavy atom. The molecule has 1 aliphatic heterocycles. The molecule has 1 aromatic rings. The van der Waals surface area contributed by atoms with Crippen molar-refractivity contribution in [2.24, 2.45) is 0 Å². The normalized spacial score (nSPS) is 37.6. The number of carboxylic acid groups (broad SMARTS) is 1. The van der Waals surface area contributed by atoms with Crippen LogP contribution in [0.5, 0.6) is 0 Å². The highest BCUT2D eigenvalue weighted by molar-refractivity contribution is 5.73. The van der Waals surface area contributed by atoms with Crippen LogP contribution < -0.4 is 0 Å². The fourth-order valence-electron chi connectivity index (χ4n) is 2.22. The molecule has 0 spiro atoms. The molecule has 2 rings (SSSR count). The SMILES string of the molecule is O=C(O)[C@H]1O[C@](O)(Cc2ccccc2)[C@H](O)[C@@H](O)[C@@H]1O. The fourth-order valence-corrected chi connectivity index (χ4v) is 2.22. The Kier molecular flexibility index (Phi) is 4.07. The van der Waals surface area contributed by atoms with Crippen LogP contribution in [-0.2, 0) is 16.0 Å². The van der Waals surface area contributed by atoms with Crippen molar-refractivity contribution in [1.82, 2.24) is 0 Å². The number of carboxylic acids is 1. The van der Waals surface area contributed by atoms with Gasteiger partial charge in [-0.15, -0.1) is 0 Å². The summed E-state index contributed by atoms with van der Waals surface area (Å²) in [6, 6.07) is 8.47. The molecule has 1 fully saturated rings. The molecule has 0 amide bonds. The molecule has 110 valence electrons. The van der Waals surface area contributed by atoms with E-state index < -0.39 is 36.2 Å². The van der Waals surface area contributed by atoms with Crippen molar-refractivity contribution in [3.05, 3.63) is 35.9 Å². The Hall–Kier alpha value is -1.51. The summed E-state index contributed by atoms with van der Waals surface area (Å²) in [5, 5.41) is 48.3. The molecule has 0 saturated carbocycles. The van der Waals surface area contributed by atoms with Crippen molar-refractivity contribution in [2.45, 2.75) is 36.6 Å². The summed E-state index contributed by atoms with van der Waals surface area (Å²) in [4.78, 5) is 11.0. The van der Waals surface area contributed by atoms with Gasteiger partial charge in [0.25, 0.3) is 0 Å². The molecule has 1 aromatic carbocycles. The van der Waals surface area contributed by atoms with E-state index in [0.29, 0.717) is 5.56 Å². The molecule has 0 bridgehead atoms. The first kappa shape index (κ1) is 14.9. The highest BCUT2D eigenvalue weighted by atomic mass is 16.7. The molecule has 20 heavy (non-hydrogen) atoms. The third kappa shape index (κ3) is 2.67. The molecule has 5 N–H and O–H groups in total. The van der Waals surface area contributed by atoms with Crippen molar-refractivity contribution < 1.29 is 35.1 Å². The van der Waals surface area contributed by atoms with Gasteiger partial charge in [0.2, 0.25) is 0 Å². The Bertz CT molecular complexity index is 477. The Morgan fingerprint density at radius 1 is 1.15 bits per heavy atom. The molecule has 7 nitrogen and oxygen atoms in total. The number of aliphatic carboxylic acids is 1. The Labute approximate surface area is 114 Å². The number of aliphatic hydroxyl groups excluding tert-OH is 3. The average Bonchev–Trinajstić information content (AvgIpc) is 2.42. The predicted octanol–water partition coefficient (Wildman–Crippen LogP) is -1.52. The van der Waals surface area contributed by atoms with E-state index in [-0.39, 0.29) is 6.42 Å². The number of ether oxygens (including phenoxy) is 1. The molecule has 7 heteroatoms. The van der Waals surface area contributed by atoms with Crippen molar-refractivity contribution >= 4 is 5.97 Å². The van der Waals surface area contributed by atoms with E-state index in [2.05, 4.69) is 0 Å². The number of hydrogen-bond donors (Lipinski definition) is 5. The summed E-state index contributed by atoms with van der Waals surface area (Å²) in [6.07, 6.45) is -7.50. The van der Waals surface area contributed by atoms with E-state index in [1.165, 1.54) is 0 Å². The lowest BCUT2D eigenvalue weighted by atomic mass is 9.88. The molecular weight excluding hydrogens is 268 g/mol. The number of aliphatic hydroxyl groups is 4. The van der Waals surface area contributed by atoms with Crippen LogP contribution in [0.2, 0.25) is 0 Å². The van der Waals surface area contributed by atoms with Crippen LogP contribution in [0.1, 0.15) is 5.56 Å². The maximum absolute atomic E-state index is 11.0. The minimum absolute atomic E-state index is 0.220. The second kappa shape index (κ2) is 5.47. The molecule has 5 atom stereocenters. The van der Waals surface area contributed by atoms with E-state index >= 15 is 0 Å². The summed E-state index contributed by atoms with van der Waals surface area (Å²) in [5.74, 6) is -3.82. The summed E-state index contributed by atoms with van der Waals surface area (Å²) >= 11 is 0. The van der Waals surface area contributed by atoms with E-state index in [1.807, 2.05) is 0 Å². The van der Waals surface area contributed by atoms with Crippen molar-refractivity contribution in [2.75, 3.05) is 0 Å². The zero-order valence-corrected chi connectivity index (χ0v) is 10.5. The fraction of sp³-hybridized carbons (Fsp3) is 0.462. The average molecular weight is 284 g/mol. The number of hydrogen-bond acceptors (Lipinski definition) is 6. The minimum atomic E-state index is -2.29. The Balaban J connectivity index is 2.26. The van der Waals surface area contributed by atoms with Crippen LogP contribution in [0.15, 0.2) is 30.3 Å². The van der Waals surface area contributed by atoms with Gasteiger partial charge in [0, 0.05) is 6.42 Å². The lowest BCUT2D eigenvalue weighted by Gasteiger charge is -2.44. The van der Waals surface area contributed by atoms with Crippen LogP contribution in [-0.4, -0.2) is 61.7 Å². The van der Waals surface area contributed by atoms with Gasteiger partial charge >= 0.3 is 5.97 Å². The zero-order chi connectivity index (χ0) is 14.9. The predicted molar refractivity (Wildman–Crippen MR) is 65.6 cm³/mol. The Morgan fingerprint density at radius 3 is 2.30 bits per heavy atom. The van der Waals surface area contributed by atoms with Crippen molar-refractivity contribution in [1.29, 1.82) is 0 Å². The molecule has 1 heterocycles. The topological polar surface area (TPSA) is 127 Å². The molecule has 1 aliphatic rings. The van der Waals surface area contributed by atoms with E-state index in [4.69, 9.17) is 9.84 Å². The number of rotatable bonds is 3. The van der Waals surface area contributed by atoms with E-state index in [0.717, 1.165) is 0 Å². The van der Waals surface area contributed by atoms with Gasteiger partial charge in [-0.25, -0.2) is 4.79 Å². The second-order valence-corrected chi connectivity index (χ2v) is 4.81. The molecule has 0 radical (unpaired) electrons. The van der Waals surface area contributed by atoms with Crippen molar-refractivity contribution in [3.8, 4) is 0 Å². The minimum Gasteiger partial charge on any atom is -0.479 e. The van der Waals surface area contributed by atoms with Crippen LogP contribution in [0, 0.1) is 0 Å². The van der Waals surface area contributed by atoms with E-state index in [9.17, 15) is 25.2 Å². The highest BCUT2D eigenvalue weighted by Crippen LogP contribution is 2.31. The summed E-state index contributed by atoms with van der Waals surface area (Å²) in [5.41, 5.74) is 0.585. The van der Waals surface area contributed by atoms with Gasteiger partial charge in [-0.2, -0.15) is 0 Å². The van der Waals surface area contributed by atoms with Gasteiger partial charge in [0.05, 0.1) is 0 Å². The standard InChI is InChI=1S/C13H16O7/c14-8-9(15)11(16)13(19,20-10(8)12(17)18)6-7-4-2-1-3-5-7/h1-5,8-11,14-16,19H,6H2,(H,17,18)/t8-,9-,10-,11+,13+/m0/s1. The van der Waals surface area contributed by atoms with Crippen LogP contribution in [0.3, 0.4) is 0 Å². The summed E-state index contributed by atoms with van der Waals surface area (Å²) < 4.78 is 4.93. The highest BCUT2D eigenvalue weighted by Gasteiger charge is 2.54. The first-order valence-electron chi connectivity index (χ1n) is 6.06. The van der Waals surface area contributed by atoms with Crippen LogP contribution in [0.4, 0.5) is 0 Å². The van der Waals surface area contributed by atoms with Gasteiger partial charge in [-0.05, 0) is 5.56 Å². The lowest BCUT2D eigenvalue weighted by Crippen LogP contribution is -2.66.